The second-order valence-electron chi connectivity index (χ2n) is 2.10. The summed E-state index contributed by atoms with van der Waals surface area (Å²) in [5.74, 6) is 0. The molecule has 0 radical (unpaired) electrons. The van der Waals surface area contributed by atoms with Crippen molar-refractivity contribution >= 4 is 11.3 Å². The van der Waals surface area contributed by atoms with Crippen molar-refractivity contribution in [2.45, 2.75) is 19.9 Å². The molecule has 0 aliphatic heterocycles. The number of hydrogen-bond donors (Lipinski definition) is 1. The maximum Gasteiger partial charge on any atom is 0.109 e. The van der Waals surface area contributed by atoms with Crippen LogP contribution in [0.4, 0.5) is 0 Å². The van der Waals surface area contributed by atoms with Crippen LogP contribution in [0.1, 0.15) is 22.9 Å². The van der Waals surface area contributed by atoms with E-state index < -0.39 is 0 Å². The number of aromatic nitrogens is 1. The van der Waals surface area contributed by atoms with E-state index in [-0.39, 0.29) is 6.04 Å². The molecule has 1 aromatic heterocycles. The standard InChI is InChI=1S/C6H10N2S/c1-4-3-8-6(9-4)5(2)7/h3,5H,7H2,1-2H3. The first-order valence-electron chi connectivity index (χ1n) is 2.88. The minimum absolute atomic E-state index is 0.0868. The number of hydrogen-bond acceptors (Lipinski definition) is 3. The number of thiazole rings is 1. The predicted octanol–water partition coefficient (Wildman–Crippen LogP) is 1.47. The van der Waals surface area contributed by atoms with Crippen LogP contribution >= 0.6 is 11.3 Å². The molecule has 0 saturated carbocycles. The number of nitrogens with two attached hydrogens (primary N) is 1. The molecule has 0 saturated heterocycles. The van der Waals surface area contributed by atoms with Gasteiger partial charge in [0, 0.05) is 11.1 Å². The van der Waals surface area contributed by atoms with E-state index in [1.54, 1.807) is 11.3 Å². The van der Waals surface area contributed by atoms with Gasteiger partial charge < -0.3 is 5.73 Å². The Kier molecular flexibility index (Phi) is 1.83. The molecule has 1 heterocycles. The van der Waals surface area contributed by atoms with E-state index in [1.165, 1.54) is 4.88 Å². The summed E-state index contributed by atoms with van der Waals surface area (Å²) in [7, 11) is 0. The van der Waals surface area contributed by atoms with Crippen LogP contribution in [0.15, 0.2) is 6.20 Å². The molecule has 1 rings (SSSR count). The lowest BCUT2D eigenvalue weighted by atomic mass is 10.4. The number of nitrogens with zero attached hydrogens (tertiary/aromatic N) is 1. The van der Waals surface area contributed by atoms with Gasteiger partial charge in [-0.2, -0.15) is 0 Å². The average molecular weight is 142 g/mol. The van der Waals surface area contributed by atoms with Gasteiger partial charge in [0.15, 0.2) is 0 Å². The van der Waals surface area contributed by atoms with Crippen molar-refractivity contribution in [3.05, 3.63) is 16.1 Å². The Labute approximate surface area is 58.7 Å². The lowest BCUT2D eigenvalue weighted by Crippen LogP contribution is -2.03. The topological polar surface area (TPSA) is 38.9 Å². The van der Waals surface area contributed by atoms with Crippen LogP contribution in [0, 0.1) is 6.92 Å². The quantitative estimate of drug-likeness (QED) is 0.645. The summed E-state index contributed by atoms with van der Waals surface area (Å²) in [5, 5.41) is 1.02. The van der Waals surface area contributed by atoms with E-state index in [2.05, 4.69) is 4.98 Å². The minimum atomic E-state index is 0.0868. The van der Waals surface area contributed by atoms with Crippen LogP contribution in [-0.4, -0.2) is 4.98 Å². The highest BCUT2D eigenvalue weighted by Gasteiger charge is 2.01. The van der Waals surface area contributed by atoms with Crippen molar-refractivity contribution in [2.24, 2.45) is 5.73 Å². The Morgan fingerprint density at radius 1 is 1.78 bits per heavy atom. The van der Waals surface area contributed by atoms with E-state index in [0.717, 1.165) is 5.01 Å². The van der Waals surface area contributed by atoms with Gasteiger partial charge >= 0.3 is 0 Å². The lowest BCUT2D eigenvalue weighted by molar-refractivity contribution is 0.807. The van der Waals surface area contributed by atoms with E-state index in [1.807, 2.05) is 20.0 Å². The third-order valence-corrected chi connectivity index (χ3v) is 2.14. The molecule has 0 amide bonds. The van der Waals surface area contributed by atoms with Crippen LogP contribution < -0.4 is 5.73 Å². The highest BCUT2D eigenvalue weighted by atomic mass is 32.1. The zero-order valence-electron chi connectivity index (χ0n) is 5.59. The van der Waals surface area contributed by atoms with Gasteiger partial charge in [-0.3, -0.25) is 0 Å². The average Bonchev–Trinajstić information content (AvgIpc) is 2.14. The molecule has 3 heteroatoms. The van der Waals surface area contributed by atoms with Crippen molar-refractivity contribution < 1.29 is 0 Å². The largest absolute Gasteiger partial charge is 0.322 e. The van der Waals surface area contributed by atoms with Crippen LogP contribution in [0.5, 0.6) is 0 Å². The summed E-state index contributed by atoms with van der Waals surface area (Å²) in [4.78, 5) is 5.33. The summed E-state index contributed by atoms with van der Waals surface area (Å²) < 4.78 is 0. The highest BCUT2D eigenvalue weighted by Crippen LogP contribution is 2.16. The number of aryl methyl sites for hydroxylation is 1. The van der Waals surface area contributed by atoms with Crippen molar-refractivity contribution in [2.75, 3.05) is 0 Å². The van der Waals surface area contributed by atoms with Gasteiger partial charge in [-0.1, -0.05) is 0 Å². The summed E-state index contributed by atoms with van der Waals surface area (Å²) in [6.45, 7) is 3.97. The van der Waals surface area contributed by atoms with Gasteiger partial charge in [0.2, 0.25) is 0 Å². The molecule has 50 valence electrons. The van der Waals surface area contributed by atoms with Crippen molar-refractivity contribution in [3.63, 3.8) is 0 Å². The SMILES string of the molecule is Cc1cnc(C(C)N)s1. The van der Waals surface area contributed by atoms with Crippen molar-refractivity contribution in [1.82, 2.24) is 4.98 Å². The van der Waals surface area contributed by atoms with E-state index in [4.69, 9.17) is 5.73 Å². The molecule has 1 unspecified atom stereocenters. The van der Waals surface area contributed by atoms with Crippen molar-refractivity contribution in [1.29, 1.82) is 0 Å². The lowest BCUT2D eigenvalue weighted by Gasteiger charge is -1.95. The Morgan fingerprint density at radius 2 is 2.44 bits per heavy atom. The minimum Gasteiger partial charge on any atom is -0.322 e. The smallest absolute Gasteiger partial charge is 0.109 e. The third kappa shape index (κ3) is 1.50. The van der Waals surface area contributed by atoms with E-state index in [0.29, 0.717) is 0 Å². The Bertz CT molecular complexity index is 193. The van der Waals surface area contributed by atoms with E-state index >= 15 is 0 Å². The molecular weight excluding hydrogens is 132 g/mol. The normalized spacial score (nSPS) is 13.7. The van der Waals surface area contributed by atoms with Gasteiger partial charge in [-0.15, -0.1) is 11.3 Å². The van der Waals surface area contributed by atoms with Crippen LogP contribution in [0.3, 0.4) is 0 Å². The van der Waals surface area contributed by atoms with Gasteiger partial charge in [0.1, 0.15) is 5.01 Å². The maximum absolute atomic E-state index is 5.57. The fourth-order valence-corrected chi connectivity index (χ4v) is 1.31. The fraction of sp³-hybridized carbons (Fsp3) is 0.500. The molecule has 0 bridgehead atoms. The predicted molar refractivity (Wildman–Crippen MR) is 39.5 cm³/mol. The third-order valence-electron chi connectivity index (χ3n) is 1.03. The second kappa shape index (κ2) is 2.45. The van der Waals surface area contributed by atoms with Gasteiger partial charge in [-0.25, -0.2) is 4.98 Å². The Hall–Kier alpha value is -0.410. The van der Waals surface area contributed by atoms with Crippen LogP contribution in [0.25, 0.3) is 0 Å². The monoisotopic (exact) mass is 142 g/mol. The molecule has 2 nitrogen and oxygen atoms in total. The first kappa shape index (κ1) is 6.71. The molecule has 0 aromatic carbocycles. The van der Waals surface area contributed by atoms with E-state index in [9.17, 15) is 0 Å². The molecule has 1 aromatic rings. The molecule has 0 aliphatic rings. The molecule has 1 atom stereocenters. The maximum atomic E-state index is 5.57. The first-order valence-corrected chi connectivity index (χ1v) is 3.69. The van der Waals surface area contributed by atoms with Gasteiger partial charge in [0.25, 0.3) is 0 Å². The zero-order chi connectivity index (χ0) is 6.85. The first-order chi connectivity index (χ1) is 4.20. The van der Waals surface area contributed by atoms with Crippen LogP contribution in [-0.2, 0) is 0 Å². The van der Waals surface area contributed by atoms with Crippen LogP contribution in [0.2, 0.25) is 0 Å². The molecule has 2 N–H and O–H groups in total. The second-order valence-corrected chi connectivity index (χ2v) is 3.36. The summed E-state index contributed by atoms with van der Waals surface area (Å²) >= 11 is 1.66. The highest BCUT2D eigenvalue weighted by molar-refractivity contribution is 7.11. The van der Waals surface area contributed by atoms with Gasteiger partial charge in [0.05, 0.1) is 6.04 Å². The summed E-state index contributed by atoms with van der Waals surface area (Å²) in [6, 6.07) is 0.0868. The number of rotatable bonds is 1. The van der Waals surface area contributed by atoms with Crippen molar-refractivity contribution in [3.8, 4) is 0 Å². The molecule has 0 fully saturated rings. The fourth-order valence-electron chi connectivity index (χ4n) is 0.583. The van der Waals surface area contributed by atoms with Gasteiger partial charge in [-0.05, 0) is 13.8 Å². The molecule has 0 aliphatic carbocycles. The Balaban J connectivity index is 2.85. The Morgan fingerprint density at radius 3 is 2.67 bits per heavy atom. The summed E-state index contributed by atoms with van der Waals surface area (Å²) in [6.07, 6.45) is 1.85. The summed E-state index contributed by atoms with van der Waals surface area (Å²) in [5.41, 5.74) is 5.57. The zero-order valence-corrected chi connectivity index (χ0v) is 6.40. The molecular formula is C6H10N2S. The molecule has 9 heavy (non-hydrogen) atoms. The molecule has 0 spiro atoms.